The summed E-state index contributed by atoms with van der Waals surface area (Å²) in [7, 11) is 0. The molecule has 84 valence electrons. The first-order chi connectivity index (χ1) is 7.74. The lowest BCUT2D eigenvalue weighted by atomic mass is 10.3. The molecular weight excluding hydrogens is 266 g/mol. The van der Waals surface area contributed by atoms with Crippen molar-refractivity contribution in [1.29, 1.82) is 0 Å². The van der Waals surface area contributed by atoms with Gasteiger partial charge in [-0.2, -0.15) is 5.10 Å². The Kier molecular flexibility index (Phi) is 3.62. The maximum absolute atomic E-state index is 4.33. The molecule has 0 radical (unpaired) electrons. The van der Waals surface area contributed by atoms with Crippen molar-refractivity contribution in [3.05, 3.63) is 46.7 Å². The summed E-state index contributed by atoms with van der Waals surface area (Å²) in [5.74, 6) is 0. The molecule has 0 atom stereocenters. The first kappa shape index (κ1) is 11.2. The summed E-state index contributed by atoms with van der Waals surface area (Å²) in [5.41, 5.74) is 2.19. The highest BCUT2D eigenvalue weighted by atomic mass is 79.9. The zero-order valence-corrected chi connectivity index (χ0v) is 10.7. The van der Waals surface area contributed by atoms with Crippen molar-refractivity contribution < 1.29 is 0 Å². The third-order valence-electron chi connectivity index (χ3n) is 2.29. The maximum Gasteiger partial charge on any atom is 0.0593 e. The first-order valence-electron chi connectivity index (χ1n) is 5.23. The van der Waals surface area contributed by atoms with Gasteiger partial charge in [-0.15, -0.1) is 0 Å². The van der Waals surface area contributed by atoms with Crippen molar-refractivity contribution in [3.63, 3.8) is 0 Å². The Morgan fingerprint density at radius 2 is 2.00 bits per heavy atom. The van der Waals surface area contributed by atoms with E-state index in [4.69, 9.17) is 0 Å². The molecule has 2 rings (SSSR count). The predicted octanol–water partition coefficient (Wildman–Crippen LogP) is 3.07. The van der Waals surface area contributed by atoms with E-state index in [2.05, 4.69) is 38.5 Å². The summed E-state index contributed by atoms with van der Waals surface area (Å²) in [6.07, 6.45) is 2.00. The van der Waals surface area contributed by atoms with E-state index in [1.807, 2.05) is 36.0 Å². The van der Waals surface area contributed by atoms with Gasteiger partial charge in [0.1, 0.15) is 0 Å². The summed E-state index contributed by atoms with van der Waals surface area (Å²) in [6, 6.07) is 10.2. The molecule has 2 aromatic rings. The van der Waals surface area contributed by atoms with E-state index in [-0.39, 0.29) is 0 Å². The molecule has 0 fully saturated rings. The van der Waals surface area contributed by atoms with Crippen LogP contribution in [-0.4, -0.2) is 16.3 Å². The molecule has 0 aliphatic rings. The second-order valence-corrected chi connectivity index (χ2v) is 4.57. The lowest BCUT2D eigenvalue weighted by Gasteiger charge is -2.06. The number of rotatable bonds is 4. The number of hydrogen-bond acceptors (Lipinski definition) is 2. The van der Waals surface area contributed by atoms with Crippen LogP contribution in [0.1, 0.15) is 5.69 Å². The highest BCUT2D eigenvalue weighted by molar-refractivity contribution is 9.10. The minimum absolute atomic E-state index is 0.878. The van der Waals surface area contributed by atoms with Crippen LogP contribution < -0.4 is 5.32 Å². The lowest BCUT2D eigenvalue weighted by Crippen LogP contribution is -2.10. The number of halogens is 1. The molecule has 0 saturated heterocycles. The maximum atomic E-state index is 4.33. The van der Waals surface area contributed by atoms with Gasteiger partial charge in [-0.3, -0.25) is 4.68 Å². The SMILES string of the molecule is Cc1ccn(CCNc2ccc(Br)cc2)n1. The average molecular weight is 280 g/mol. The number of nitrogens with one attached hydrogen (secondary N) is 1. The normalized spacial score (nSPS) is 10.4. The highest BCUT2D eigenvalue weighted by Crippen LogP contribution is 2.13. The Balaban J connectivity index is 1.82. The van der Waals surface area contributed by atoms with Crippen molar-refractivity contribution in [3.8, 4) is 0 Å². The Morgan fingerprint density at radius 1 is 1.25 bits per heavy atom. The van der Waals surface area contributed by atoms with Crippen LogP contribution in [0.2, 0.25) is 0 Å². The second kappa shape index (κ2) is 5.16. The molecule has 1 heterocycles. The topological polar surface area (TPSA) is 29.9 Å². The van der Waals surface area contributed by atoms with E-state index in [9.17, 15) is 0 Å². The third-order valence-corrected chi connectivity index (χ3v) is 2.82. The lowest BCUT2D eigenvalue weighted by molar-refractivity contribution is 0.632. The third kappa shape index (κ3) is 3.10. The Hall–Kier alpha value is -1.29. The smallest absolute Gasteiger partial charge is 0.0593 e. The van der Waals surface area contributed by atoms with Gasteiger partial charge >= 0.3 is 0 Å². The van der Waals surface area contributed by atoms with Gasteiger partial charge in [0, 0.05) is 22.9 Å². The molecule has 0 spiro atoms. The first-order valence-corrected chi connectivity index (χ1v) is 6.03. The Bertz CT molecular complexity index is 448. The van der Waals surface area contributed by atoms with Gasteiger partial charge in [0.2, 0.25) is 0 Å². The molecule has 0 aliphatic heterocycles. The van der Waals surface area contributed by atoms with Crippen molar-refractivity contribution in [2.45, 2.75) is 13.5 Å². The van der Waals surface area contributed by atoms with Crippen molar-refractivity contribution in [2.75, 3.05) is 11.9 Å². The summed E-state index contributed by atoms with van der Waals surface area (Å²) < 4.78 is 3.04. The molecule has 0 aliphatic carbocycles. The highest BCUT2D eigenvalue weighted by Gasteiger charge is 1.94. The van der Waals surface area contributed by atoms with Gasteiger partial charge in [-0.05, 0) is 37.3 Å². The van der Waals surface area contributed by atoms with E-state index in [1.54, 1.807) is 0 Å². The van der Waals surface area contributed by atoms with Crippen LogP contribution >= 0.6 is 15.9 Å². The summed E-state index contributed by atoms with van der Waals surface area (Å²) in [4.78, 5) is 0. The number of benzene rings is 1. The van der Waals surface area contributed by atoms with Crippen LogP contribution in [0, 0.1) is 6.92 Å². The summed E-state index contributed by atoms with van der Waals surface area (Å²) in [5, 5.41) is 7.67. The van der Waals surface area contributed by atoms with E-state index < -0.39 is 0 Å². The Morgan fingerprint density at radius 3 is 2.62 bits per heavy atom. The fourth-order valence-corrected chi connectivity index (χ4v) is 1.73. The average Bonchev–Trinajstić information content (AvgIpc) is 2.67. The molecule has 1 aromatic heterocycles. The molecule has 0 amide bonds. The molecule has 3 nitrogen and oxygen atoms in total. The molecule has 0 saturated carbocycles. The van der Waals surface area contributed by atoms with Crippen LogP contribution in [0.5, 0.6) is 0 Å². The fraction of sp³-hybridized carbons (Fsp3) is 0.250. The van der Waals surface area contributed by atoms with Gasteiger partial charge in [0.05, 0.1) is 12.2 Å². The van der Waals surface area contributed by atoms with E-state index in [0.29, 0.717) is 0 Å². The number of aromatic nitrogens is 2. The van der Waals surface area contributed by atoms with E-state index >= 15 is 0 Å². The van der Waals surface area contributed by atoms with Crippen molar-refractivity contribution in [2.24, 2.45) is 0 Å². The largest absolute Gasteiger partial charge is 0.383 e. The molecule has 1 aromatic carbocycles. The number of aryl methyl sites for hydroxylation is 1. The van der Waals surface area contributed by atoms with Gasteiger partial charge < -0.3 is 5.32 Å². The van der Waals surface area contributed by atoms with Gasteiger partial charge in [0.15, 0.2) is 0 Å². The zero-order valence-electron chi connectivity index (χ0n) is 9.15. The molecular formula is C12H14BrN3. The van der Waals surface area contributed by atoms with Gasteiger partial charge in [-0.1, -0.05) is 15.9 Å². The second-order valence-electron chi connectivity index (χ2n) is 3.65. The van der Waals surface area contributed by atoms with Gasteiger partial charge in [0.25, 0.3) is 0 Å². The predicted molar refractivity (Wildman–Crippen MR) is 69.6 cm³/mol. The van der Waals surface area contributed by atoms with Gasteiger partial charge in [-0.25, -0.2) is 0 Å². The minimum atomic E-state index is 0.878. The molecule has 1 N–H and O–H groups in total. The number of nitrogens with zero attached hydrogens (tertiary/aromatic N) is 2. The monoisotopic (exact) mass is 279 g/mol. The van der Waals surface area contributed by atoms with Crippen LogP contribution in [0.3, 0.4) is 0 Å². The molecule has 0 bridgehead atoms. The standard InChI is InChI=1S/C12H14BrN3/c1-10-6-8-16(15-10)9-7-14-12-4-2-11(13)3-5-12/h2-6,8,14H,7,9H2,1H3. The zero-order chi connectivity index (χ0) is 11.4. The van der Waals surface area contributed by atoms with Crippen LogP contribution in [0.25, 0.3) is 0 Å². The van der Waals surface area contributed by atoms with Crippen molar-refractivity contribution >= 4 is 21.6 Å². The quantitative estimate of drug-likeness (QED) is 0.932. The Labute approximate surface area is 104 Å². The molecule has 0 unspecified atom stereocenters. The summed E-state index contributed by atoms with van der Waals surface area (Å²) >= 11 is 3.41. The summed E-state index contributed by atoms with van der Waals surface area (Å²) in [6.45, 7) is 3.76. The number of hydrogen-bond donors (Lipinski definition) is 1. The molecule has 16 heavy (non-hydrogen) atoms. The number of anilines is 1. The fourth-order valence-electron chi connectivity index (χ4n) is 1.47. The van der Waals surface area contributed by atoms with Crippen LogP contribution in [0.15, 0.2) is 41.0 Å². The van der Waals surface area contributed by atoms with Crippen LogP contribution in [-0.2, 0) is 6.54 Å². The minimum Gasteiger partial charge on any atom is -0.383 e. The van der Waals surface area contributed by atoms with Crippen molar-refractivity contribution in [1.82, 2.24) is 9.78 Å². The molecule has 4 heteroatoms. The van der Waals surface area contributed by atoms with E-state index in [0.717, 1.165) is 28.9 Å². The van der Waals surface area contributed by atoms with Crippen LogP contribution in [0.4, 0.5) is 5.69 Å². The van der Waals surface area contributed by atoms with E-state index in [1.165, 1.54) is 0 Å².